The summed E-state index contributed by atoms with van der Waals surface area (Å²) >= 11 is 0. The number of aliphatic imine (C=N–C) groups is 2. The highest BCUT2D eigenvalue weighted by Crippen LogP contribution is 2.39. The first kappa shape index (κ1) is 29.5. The quantitative estimate of drug-likeness (QED) is 0.0972. The van der Waals surface area contributed by atoms with Crippen LogP contribution in [0.25, 0.3) is 39.1 Å². The van der Waals surface area contributed by atoms with Gasteiger partial charge in [0.1, 0.15) is 0 Å². The molecule has 1 aliphatic rings. The van der Waals surface area contributed by atoms with Crippen molar-refractivity contribution in [3.63, 3.8) is 0 Å². The molecule has 0 saturated carbocycles. The Hall–Kier alpha value is -5.60. The minimum Gasteiger partial charge on any atom is -0.236 e. The topological polar surface area (TPSA) is 24.7 Å². The van der Waals surface area contributed by atoms with E-state index in [0.29, 0.717) is 5.84 Å². The van der Waals surface area contributed by atoms with E-state index in [2.05, 4.69) is 122 Å². The van der Waals surface area contributed by atoms with Crippen molar-refractivity contribution in [2.45, 2.75) is 20.3 Å². The van der Waals surface area contributed by atoms with Crippen molar-refractivity contribution in [3.8, 4) is 33.4 Å². The molecule has 5 aromatic carbocycles. The third-order valence-electron chi connectivity index (χ3n) is 8.09. The third-order valence-corrected chi connectivity index (χ3v) is 8.09. The van der Waals surface area contributed by atoms with Crippen molar-refractivity contribution in [1.82, 2.24) is 0 Å². The van der Waals surface area contributed by atoms with Crippen molar-refractivity contribution in [3.05, 3.63) is 186 Å². The second kappa shape index (κ2) is 13.8. The maximum absolute atomic E-state index is 5.10. The van der Waals surface area contributed by atoms with Crippen molar-refractivity contribution in [1.29, 1.82) is 0 Å². The van der Waals surface area contributed by atoms with Gasteiger partial charge in [0.2, 0.25) is 0 Å². The second-order valence-corrected chi connectivity index (χ2v) is 11.0. The lowest BCUT2D eigenvalue weighted by molar-refractivity contribution is 1.26. The molecule has 0 unspecified atom stereocenters. The standard InChI is InChI=1S/C43H36N2/c1-4-7-14-32(5-2)43(44-30-31-21-23-34(24-22-31)33-15-9-8-10-16-33)45-42(6-3)39-19-13-18-35(27-39)36-25-26-38-28-37-17-11-12-20-40(37)41(38)29-36/h4-27,29-30H,2,28H2,1,3H3/b7-4-,32-14+,42-6-,44-30?,45-43+. The van der Waals surface area contributed by atoms with Crippen LogP contribution in [0.1, 0.15) is 36.1 Å². The van der Waals surface area contributed by atoms with Crippen LogP contribution >= 0.6 is 0 Å². The first-order valence-corrected chi connectivity index (χ1v) is 15.4. The van der Waals surface area contributed by atoms with Gasteiger partial charge in [-0.25, -0.2) is 9.98 Å². The molecule has 2 heteroatoms. The first-order valence-electron chi connectivity index (χ1n) is 15.4. The van der Waals surface area contributed by atoms with Gasteiger partial charge in [-0.3, -0.25) is 0 Å². The van der Waals surface area contributed by atoms with Crippen LogP contribution in [0.2, 0.25) is 0 Å². The van der Waals surface area contributed by atoms with Crippen LogP contribution in [0.4, 0.5) is 0 Å². The number of hydrogen-bond acceptors (Lipinski definition) is 1. The van der Waals surface area contributed by atoms with E-state index in [0.717, 1.165) is 34.4 Å². The average Bonchev–Trinajstić information content (AvgIpc) is 3.48. The predicted octanol–water partition coefficient (Wildman–Crippen LogP) is 11.2. The zero-order valence-corrected chi connectivity index (χ0v) is 25.8. The number of amidine groups is 1. The van der Waals surface area contributed by atoms with Crippen molar-refractivity contribution in [2.75, 3.05) is 0 Å². The van der Waals surface area contributed by atoms with Gasteiger partial charge in [0.05, 0.1) is 5.70 Å². The molecule has 45 heavy (non-hydrogen) atoms. The lowest BCUT2D eigenvalue weighted by Crippen LogP contribution is -2.00. The highest BCUT2D eigenvalue weighted by Gasteiger charge is 2.18. The minimum absolute atomic E-state index is 0.600. The number of benzene rings is 5. The van der Waals surface area contributed by atoms with Gasteiger partial charge in [-0.1, -0.05) is 146 Å². The number of nitrogens with zero attached hydrogens (tertiary/aromatic N) is 2. The zero-order valence-electron chi connectivity index (χ0n) is 25.8. The summed E-state index contributed by atoms with van der Waals surface area (Å²) in [6, 6.07) is 42.9. The molecule has 218 valence electrons. The molecule has 0 saturated heterocycles. The molecule has 0 aromatic heterocycles. The number of fused-ring (bicyclic) bond motifs is 3. The summed E-state index contributed by atoms with van der Waals surface area (Å²) in [5.74, 6) is 0.600. The third kappa shape index (κ3) is 6.66. The van der Waals surface area contributed by atoms with Crippen LogP contribution in [-0.4, -0.2) is 12.1 Å². The lowest BCUT2D eigenvalue weighted by Gasteiger charge is -2.10. The molecule has 0 spiro atoms. The molecule has 1 aliphatic carbocycles. The molecule has 6 rings (SSSR count). The van der Waals surface area contributed by atoms with Gasteiger partial charge >= 0.3 is 0 Å². The van der Waals surface area contributed by atoms with Gasteiger partial charge in [-0.15, -0.1) is 0 Å². The Morgan fingerprint density at radius 1 is 0.667 bits per heavy atom. The summed E-state index contributed by atoms with van der Waals surface area (Å²) in [7, 11) is 0. The van der Waals surface area contributed by atoms with E-state index in [1.165, 1.54) is 38.9 Å². The number of hydrogen-bond donors (Lipinski definition) is 0. The maximum atomic E-state index is 5.10. The van der Waals surface area contributed by atoms with E-state index in [1.807, 2.05) is 50.4 Å². The first-order chi connectivity index (χ1) is 22.2. The van der Waals surface area contributed by atoms with E-state index in [9.17, 15) is 0 Å². The molecule has 0 N–H and O–H groups in total. The summed E-state index contributed by atoms with van der Waals surface area (Å²) in [5.41, 5.74) is 13.9. The molecular formula is C43H36N2. The Balaban J connectivity index is 1.32. The molecule has 0 fully saturated rings. The van der Waals surface area contributed by atoms with E-state index in [4.69, 9.17) is 9.98 Å². The van der Waals surface area contributed by atoms with Crippen LogP contribution in [0.15, 0.2) is 174 Å². The van der Waals surface area contributed by atoms with Crippen LogP contribution in [0.3, 0.4) is 0 Å². The van der Waals surface area contributed by atoms with Gasteiger partial charge < -0.3 is 0 Å². The van der Waals surface area contributed by atoms with E-state index >= 15 is 0 Å². The van der Waals surface area contributed by atoms with Crippen molar-refractivity contribution >= 4 is 17.7 Å². The van der Waals surface area contributed by atoms with Crippen molar-refractivity contribution < 1.29 is 0 Å². The van der Waals surface area contributed by atoms with Gasteiger partial charge in [-0.05, 0) is 82.5 Å². The van der Waals surface area contributed by atoms with Gasteiger partial charge in [0.25, 0.3) is 0 Å². The Labute approximate surface area is 266 Å². The van der Waals surface area contributed by atoms with Gasteiger partial charge in [-0.2, -0.15) is 0 Å². The summed E-state index contributed by atoms with van der Waals surface area (Å²) in [6.07, 6.45) is 12.7. The smallest absolute Gasteiger partial charge is 0.159 e. The SMILES string of the molecule is C=CC(=C\C=C/C)/C(N=Cc1ccc(-c2ccccc2)cc1)=N\C(=C/C)c1cccc(-c2ccc3c(c2)-c2ccccc2C3)c1. The van der Waals surface area contributed by atoms with Crippen LogP contribution in [-0.2, 0) is 6.42 Å². The minimum atomic E-state index is 0.600. The number of allylic oxidation sites excluding steroid dienone is 4. The molecule has 2 nitrogen and oxygen atoms in total. The van der Waals surface area contributed by atoms with Crippen LogP contribution in [0.5, 0.6) is 0 Å². The van der Waals surface area contributed by atoms with Gasteiger partial charge in [0.15, 0.2) is 5.84 Å². The largest absolute Gasteiger partial charge is 0.236 e. The maximum Gasteiger partial charge on any atom is 0.159 e. The van der Waals surface area contributed by atoms with E-state index in [-0.39, 0.29) is 0 Å². The Morgan fingerprint density at radius 3 is 2.13 bits per heavy atom. The monoisotopic (exact) mass is 580 g/mol. The zero-order chi connectivity index (χ0) is 31.0. The van der Waals surface area contributed by atoms with Crippen LogP contribution in [0, 0.1) is 0 Å². The molecule has 0 heterocycles. The highest BCUT2D eigenvalue weighted by atomic mass is 14.9. The molecule has 0 aliphatic heterocycles. The Kier molecular flexibility index (Phi) is 9.03. The predicted molar refractivity (Wildman–Crippen MR) is 194 cm³/mol. The van der Waals surface area contributed by atoms with Gasteiger partial charge in [0, 0.05) is 17.4 Å². The summed E-state index contributed by atoms with van der Waals surface area (Å²) < 4.78 is 0. The fourth-order valence-electron chi connectivity index (χ4n) is 5.70. The van der Waals surface area contributed by atoms with Crippen molar-refractivity contribution in [2.24, 2.45) is 9.98 Å². The molecule has 0 amide bonds. The summed E-state index contributed by atoms with van der Waals surface area (Å²) in [6.45, 7) is 8.07. The normalized spacial score (nSPS) is 13.3. The van der Waals surface area contributed by atoms with E-state index < -0.39 is 0 Å². The second-order valence-electron chi connectivity index (χ2n) is 11.0. The highest BCUT2D eigenvalue weighted by molar-refractivity contribution is 6.08. The fraction of sp³-hybridized carbons (Fsp3) is 0.0698. The Bertz CT molecular complexity index is 1980. The molecule has 0 atom stereocenters. The molecule has 0 bridgehead atoms. The molecule has 0 radical (unpaired) electrons. The average molecular weight is 581 g/mol. The molecule has 5 aromatic rings. The fourth-order valence-corrected chi connectivity index (χ4v) is 5.70. The summed E-state index contributed by atoms with van der Waals surface area (Å²) in [5, 5.41) is 0. The van der Waals surface area contributed by atoms with E-state index in [1.54, 1.807) is 6.08 Å². The van der Waals surface area contributed by atoms with Crippen LogP contribution < -0.4 is 0 Å². The number of rotatable bonds is 8. The Morgan fingerprint density at radius 2 is 1.36 bits per heavy atom. The summed E-state index contributed by atoms with van der Waals surface area (Å²) in [4.78, 5) is 9.98. The lowest BCUT2D eigenvalue weighted by atomic mass is 9.97. The molecular weight excluding hydrogens is 544 g/mol.